The van der Waals surface area contributed by atoms with Gasteiger partial charge in [-0.2, -0.15) is 0 Å². The summed E-state index contributed by atoms with van der Waals surface area (Å²) in [5.41, 5.74) is 3.46. The van der Waals surface area contributed by atoms with Gasteiger partial charge in [-0.25, -0.2) is 0 Å². The second kappa shape index (κ2) is 6.67. The molecule has 118 valence electrons. The SMILES string of the molecule is CC(O)c1ccccc1NC(=O)/C=C/c1ccc2c(c1)CCO2. The number of aliphatic hydroxyl groups is 1. The minimum absolute atomic E-state index is 0.227. The van der Waals surface area contributed by atoms with Gasteiger partial charge < -0.3 is 15.2 Å². The van der Waals surface area contributed by atoms with Crippen LogP contribution in [-0.4, -0.2) is 17.6 Å². The van der Waals surface area contributed by atoms with Crippen molar-refractivity contribution >= 4 is 17.7 Å². The Hall–Kier alpha value is -2.59. The van der Waals surface area contributed by atoms with Crippen molar-refractivity contribution in [1.29, 1.82) is 0 Å². The van der Waals surface area contributed by atoms with Crippen LogP contribution < -0.4 is 10.1 Å². The molecule has 0 fully saturated rings. The molecule has 1 amide bonds. The van der Waals surface area contributed by atoms with Gasteiger partial charge in [0.15, 0.2) is 0 Å². The first-order valence-corrected chi connectivity index (χ1v) is 7.65. The van der Waals surface area contributed by atoms with Gasteiger partial charge in [-0.3, -0.25) is 4.79 Å². The maximum atomic E-state index is 12.1. The molecule has 1 unspecified atom stereocenters. The summed E-state index contributed by atoms with van der Waals surface area (Å²) >= 11 is 0. The molecule has 2 N–H and O–H groups in total. The summed E-state index contributed by atoms with van der Waals surface area (Å²) in [6.07, 6.45) is 3.55. The van der Waals surface area contributed by atoms with Crippen molar-refractivity contribution in [3.05, 3.63) is 65.2 Å². The maximum Gasteiger partial charge on any atom is 0.248 e. The summed E-state index contributed by atoms with van der Waals surface area (Å²) in [5, 5.41) is 12.5. The number of rotatable bonds is 4. The Bertz CT molecular complexity index is 750. The molecule has 23 heavy (non-hydrogen) atoms. The Morgan fingerprint density at radius 2 is 2.13 bits per heavy atom. The van der Waals surface area contributed by atoms with E-state index in [-0.39, 0.29) is 5.91 Å². The number of para-hydroxylation sites is 1. The van der Waals surface area contributed by atoms with Crippen LogP contribution in [0.4, 0.5) is 5.69 Å². The molecule has 2 aromatic carbocycles. The minimum Gasteiger partial charge on any atom is -0.493 e. The molecule has 0 bridgehead atoms. The van der Waals surface area contributed by atoms with Gasteiger partial charge in [-0.05, 0) is 42.3 Å². The Labute approximate surface area is 135 Å². The topological polar surface area (TPSA) is 58.6 Å². The molecule has 2 aromatic rings. The number of ether oxygens (including phenoxy) is 1. The summed E-state index contributed by atoms with van der Waals surface area (Å²) in [6.45, 7) is 2.40. The monoisotopic (exact) mass is 309 g/mol. The van der Waals surface area contributed by atoms with Gasteiger partial charge in [-0.15, -0.1) is 0 Å². The molecule has 3 rings (SSSR count). The number of hydrogen-bond donors (Lipinski definition) is 2. The molecule has 1 heterocycles. The van der Waals surface area contributed by atoms with Crippen LogP contribution in [0.5, 0.6) is 5.75 Å². The van der Waals surface area contributed by atoms with Crippen LogP contribution in [0.25, 0.3) is 6.08 Å². The van der Waals surface area contributed by atoms with Crippen molar-refractivity contribution in [3.8, 4) is 5.75 Å². The molecule has 0 saturated heterocycles. The van der Waals surface area contributed by atoms with E-state index in [4.69, 9.17) is 4.74 Å². The van der Waals surface area contributed by atoms with Crippen LogP contribution in [0.3, 0.4) is 0 Å². The van der Waals surface area contributed by atoms with Crippen LogP contribution in [-0.2, 0) is 11.2 Å². The van der Waals surface area contributed by atoms with E-state index in [0.717, 1.165) is 24.3 Å². The molecular weight excluding hydrogens is 290 g/mol. The van der Waals surface area contributed by atoms with Crippen LogP contribution >= 0.6 is 0 Å². The molecule has 0 aromatic heterocycles. The van der Waals surface area contributed by atoms with Gasteiger partial charge in [0.2, 0.25) is 5.91 Å². The number of benzene rings is 2. The van der Waals surface area contributed by atoms with Gasteiger partial charge in [0, 0.05) is 23.7 Å². The van der Waals surface area contributed by atoms with E-state index in [9.17, 15) is 9.90 Å². The lowest BCUT2D eigenvalue weighted by atomic mass is 10.1. The molecule has 1 aliphatic heterocycles. The highest BCUT2D eigenvalue weighted by Crippen LogP contribution is 2.26. The number of amides is 1. The van der Waals surface area contributed by atoms with Gasteiger partial charge in [0.25, 0.3) is 0 Å². The third-order valence-electron chi connectivity index (χ3n) is 3.81. The average molecular weight is 309 g/mol. The van der Waals surface area contributed by atoms with Crippen molar-refractivity contribution in [3.63, 3.8) is 0 Å². The molecule has 0 radical (unpaired) electrons. The highest BCUT2D eigenvalue weighted by molar-refractivity contribution is 6.02. The van der Waals surface area contributed by atoms with Gasteiger partial charge in [-0.1, -0.05) is 24.3 Å². The first-order valence-electron chi connectivity index (χ1n) is 7.65. The highest BCUT2D eigenvalue weighted by atomic mass is 16.5. The molecule has 0 spiro atoms. The molecular formula is C19H19NO3. The van der Waals surface area contributed by atoms with Crippen molar-refractivity contribution in [2.75, 3.05) is 11.9 Å². The van der Waals surface area contributed by atoms with Crippen LogP contribution in [0.1, 0.15) is 29.7 Å². The minimum atomic E-state index is -0.632. The van der Waals surface area contributed by atoms with Crippen molar-refractivity contribution < 1.29 is 14.6 Å². The molecule has 4 heteroatoms. The third kappa shape index (κ3) is 3.60. The summed E-state index contributed by atoms with van der Waals surface area (Å²) in [6, 6.07) is 13.1. The second-order valence-electron chi connectivity index (χ2n) is 5.55. The number of nitrogens with one attached hydrogen (secondary N) is 1. The zero-order valence-electron chi connectivity index (χ0n) is 13.0. The fourth-order valence-corrected chi connectivity index (χ4v) is 2.63. The second-order valence-corrected chi connectivity index (χ2v) is 5.55. The molecule has 1 aliphatic rings. The molecule has 0 saturated carbocycles. The van der Waals surface area contributed by atoms with Gasteiger partial charge in [0.05, 0.1) is 12.7 Å². The molecule has 0 aliphatic carbocycles. The van der Waals surface area contributed by atoms with Gasteiger partial charge >= 0.3 is 0 Å². The van der Waals surface area contributed by atoms with Crippen LogP contribution in [0, 0.1) is 0 Å². The van der Waals surface area contributed by atoms with Crippen LogP contribution in [0.15, 0.2) is 48.5 Å². The van der Waals surface area contributed by atoms with Crippen LogP contribution in [0.2, 0.25) is 0 Å². The summed E-state index contributed by atoms with van der Waals surface area (Å²) in [7, 11) is 0. The van der Waals surface area contributed by atoms with E-state index in [1.165, 1.54) is 11.6 Å². The number of carbonyl (C=O) groups excluding carboxylic acids is 1. The number of carbonyl (C=O) groups is 1. The van der Waals surface area contributed by atoms with E-state index in [2.05, 4.69) is 5.32 Å². The summed E-state index contributed by atoms with van der Waals surface area (Å²) in [5.74, 6) is 0.701. The standard InChI is InChI=1S/C19H19NO3/c1-13(21)16-4-2-3-5-17(16)20-19(22)9-7-14-6-8-18-15(12-14)10-11-23-18/h2-9,12-13,21H,10-11H2,1H3,(H,20,22)/b9-7+. The Morgan fingerprint density at radius 1 is 1.30 bits per heavy atom. The third-order valence-corrected chi connectivity index (χ3v) is 3.81. The van der Waals surface area contributed by atoms with E-state index >= 15 is 0 Å². The van der Waals surface area contributed by atoms with E-state index < -0.39 is 6.10 Å². The fraction of sp³-hybridized carbons (Fsp3) is 0.211. The predicted octanol–water partition coefficient (Wildman–Crippen LogP) is 3.33. The number of hydrogen-bond acceptors (Lipinski definition) is 3. The quantitative estimate of drug-likeness (QED) is 0.852. The molecule has 4 nitrogen and oxygen atoms in total. The maximum absolute atomic E-state index is 12.1. The van der Waals surface area contributed by atoms with E-state index in [0.29, 0.717) is 11.3 Å². The Morgan fingerprint density at radius 3 is 2.96 bits per heavy atom. The Kier molecular flexibility index (Phi) is 4.44. The smallest absolute Gasteiger partial charge is 0.248 e. The zero-order valence-corrected chi connectivity index (χ0v) is 13.0. The first kappa shape index (κ1) is 15.3. The summed E-state index contributed by atoms with van der Waals surface area (Å²) < 4.78 is 5.47. The van der Waals surface area contributed by atoms with Crippen molar-refractivity contribution in [2.45, 2.75) is 19.4 Å². The normalized spacial score (nSPS) is 14.3. The lowest BCUT2D eigenvalue weighted by Gasteiger charge is -2.11. The lowest BCUT2D eigenvalue weighted by Crippen LogP contribution is -2.10. The predicted molar refractivity (Wildman–Crippen MR) is 90.4 cm³/mol. The Balaban J connectivity index is 1.70. The van der Waals surface area contributed by atoms with Crippen molar-refractivity contribution in [2.24, 2.45) is 0 Å². The zero-order chi connectivity index (χ0) is 16.2. The van der Waals surface area contributed by atoms with Gasteiger partial charge in [0.1, 0.15) is 5.75 Å². The number of anilines is 1. The van der Waals surface area contributed by atoms with E-state index in [1.54, 1.807) is 25.1 Å². The lowest BCUT2D eigenvalue weighted by molar-refractivity contribution is -0.111. The average Bonchev–Trinajstić information content (AvgIpc) is 3.01. The largest absolute Gasteiger partial charge is 0.493 e. The first-order chi connectivity index (χ1) is 11.1. The summed E-state index contributed by atoms with van der Waals surface area (Å²) in [4.78, 5) is 12.1. The van der Waals surface area contributed by atoms with Crippen molar-refractivity contribution in [1.82, 2.24) is 0 Å². The highest BCUT2D eigenvalue weighted by Gasteiger charge is 2.11. The van der Waals surface area contributed by atoms with E-state index in [1.807, 2.05) is 30.3 Å². The fourth-order valence-electron chi connectivity index (χ4n) is 2.63. The number of fused-ring (bicyclic) bond motifs is 1. The number of aliphatic hydroxyl groups excluding tert-OH is 1. The molecule has 1 atom stereocenters.